The normalized spacial score (nSPS) is 13.3. The highest BCUT2D eigenvalue weighted by atomic mass is 19.1. The van der Waals surface area contributed by atoms with E-state index in [1.807, 2.05) is 45.0 Å². The van der Waals surface area contributed by atoms with Gasteiger partial charge in [-0.2, -0.15) is 5.10 Å². The largest absolute Gasteiger partial charge is 0.505 e. The Kier molecular flexibility index (Phi) is 11.2. The standard InChI is InChI=1S/C38H42FN9O5/c1-22(2)31(43-38(52)30-11-15-42-48(30)16-12-39)28-20-25(26-8-6-14-41-34(26)36(28)50)19-23(3)32(27-10-9-24-7-5-13-40-33(24)35(27)49)44-37(51)29-21-47(46-45-29)17-18-53-4/h5-11,13-15,20-23,31-32,49-50H,12,16-19H2,1-4H3,(H,43,52)(H,44,51). The van der Waals surface area contributed by atoms with E-state index in [4.69, 9.17) is 4.74 Å². The van der Waals surface area contributed by atoms with Gasteiger partial charge in [0.2, 0.25) is 0 Å². The van der Waals surface area contributed by atoms with Crippen molar-refractivity contribution in [2.45, 2.75) is 52.4 Å². The number of hydrogen-bond acceptors (Lipinski definition) is 10. The number of phenols is 2. The topological polar surface area (TPSA) is 182 Å². The molecule has 0 fully saturated rings. The van der Waals surface area contributed by atoms with Gasteiger partial charge >= 0.3 is 0 Å². The van der Waals surface area contributed by atoms with E-state index in [0.29, 0.717) is 47.1 Å². The number of methoxy groups -OCH3 is 1. The molecule has 0 aliphatic carbocycles. The molecule has 14 nitrogen and oxygen atoms in total. The smallest absolute Gasteiger partial charge is 0.273 e. The first-order chi connectivity index (χ1) is 25.6. The number of alkyl halides is 1. The van der Waals surface area contributed by atoms with E-state index in [1.165, 1.54) is 27.8 Å². The third kappa shape index (κ3) is 7.79. The van der Waals surface area contributed by atoms with Crippen molar-refractivity contribution in [3.63, 3.8) is 0 Å². The number of nitrogens with one attached hydrogen (secondary N) is 2. The summed E-state index contributed by atoms with van der Waals surface area (Å²) in [6, 6.07) is 12.8. The van der Waals surface area contributed by atoms with Crippen LogP contribution < -0.4 is 10.6 Å². The molecule has 6 aromatic rings. The number of phenolic OH excluding ortho intramolecular Hbond substituents is 2. The van der Waals surface area contributed by atoms with Crippen LogP contribution in [0.3, 0.4) is 0 Å². The van der Waals surface area contributed by atoms with Gasteiger partial charge in [0.15, 0.2) is 5.69 Å². The molecule has 0 bridgehead atoms. The van der Waals surface area contributed by atoms with E-state index >= 15 is 0 Å². The maximum absolute atomic E-state index is 13.7. The highest BCUT2D eigenvalue weighted by Gasteiger charge is 2.30. The van der Waals surface area contributed by atoms with E-state index in [9.17, 15) is 24.2 Å². The van der Waals surface area contributed by atoms with Gasteiger partial charge in [0.25, 0.3) is 11.8 Å². The molecule has 0 aliphatic heterocycles. The molecule has 4 aromatic heterocycles. The van der Waals surface area contributed by atoms with Crippen molar-refractivity contribution in [3.8, 4) is 11.5 Å². The highest BCUT2D eigenvalue weighted by Crippen LogP contribution is 2.40. The lowest BCUT2D eigenvalue weighted by Crippen LogP contribution is -2.34. The predicted molar refractivity (Wildman–Crippen MR) is 195 cm³/mol. The first-order valence-corrected chi connectivity index (χ1v) is 17.4. The minimum Gasteiger partial charge on any atom is -0.505 e. The third-order valence-corrected chi connectivity index (χ3v) is 9.32. The molecule has 4 heterocycles. The summed E-state index contributed by atoms with van der Waals surface area (Å²) in [5.41, 5.74) is 2.74. The van der Waals surface area contributed by atoms with Crippen LogP contribution in [0.1, 0.15) is 70.5 Å². The van der Waals surface area contributed by atoms with E-state index in [-0.39, 0.29) is 41.3 Å². The summed E-state index contributed by atoms with van der Waals surface area (Å²) in [4.78, 5) is 36.1. The Hall–Kier alpha value is -5.96. The summed E-state index contributed by atoms with van der Waals surface area (Å²) in [6.45, 7) is 5.84. The number of halogens is 1. The lowest BCUT2D eigenvalue weighted by atomic mass is 9.84. The van der Waals surface area contributed by atoms with Crippen molar-refractivity contribution in [1.29, 1.82) is 0 Å². The molecule has 0 saturated carbocycles. The third-order valence-electron chi connectivity index (χ3n) is 9.32. The molecule has 2 aromatic carbocycles. The predicted octanol–water partition coefficient (Wildman–Crippen LogP) is 5.08. The fourth-order valence-electron chi connectivity index (χ4n) is 6.63. The molecule has 3 atom stereocenters. The number of carbonyl (C=O) groups is 2. The second kappa shape index (κ2) is 16.2. The minimum atomic E-state index is -0.738. The van der Waals surface area contributed by atoms with Crippen LogP contribution in [0.4, 0.5) is 4.39 Å². The molecule has 53 heavy (non-hydrogen) atoms. The Morgan fingerprint density at radius 3 is 2.38 bits per heavy atom. The second-order valence-electron chi connectivity index (χ2n) is 13.3. The van der Waals surface area contributed by atoms with Gasteiger partial charge in [-0.3, -0.25) is 24.2 Å². The van der Waals surface area contributed by atoms with Gasteiger partial charge in [-0.15, -0.1) is 5.10 Å². The number of hydrogen-bond donors (Lipinski definition) is 4. The number of carbonyl (C=O) groups excluding carboxylic acids is 2. The lowest BCUT2D eigenvalue weighted by molar-refractivity contribution is 0.0907. The summed E-state index contributed by atoms with van der Waals surface area (Å²) in [7, 11) is 1.57. The summed E-state index contributed by atoms with van der Waals surface area (Å²) in [5.74, 6) is -1.63. The molecule has 15 heteroatoms. The number of fused-ring (bicyclic) bond motifs is 2. The fourth-order valence-corrected chi connectivity index (χ4v) is 6.63. The van der Waals surface area contributed by atoms with Crippen molar-refractivity contribution >= 4 is 33.6 Å². The summed E-state index contributed by atoms with van der Waals surface area (Å²) >= 11 is 0. The van der Waals surface area contributed by atoms with Gasteiger partial charge < -0.3 is 25.6 Å². The number of nitrogens with zero attached hydrogens (tertiary/aromatic N) is 7. The van der Waals surface area contributed by atoms with Crippen LogP contribution in [0, 0.1) is 11.8 Å². The monoisotopic (exact) mass is 723 g/mol. The van der Waals surface area contributed by atoms with Crippen LogP contribution in [0.25, 0.3) is 21.8 Å². The maximum atomic E-state index is 13.7. The van der Waals surface area contributed by atoms with Crippen molar-refractivity contribution in [2.75, 3.05) is 20.4 Å². The van der Waals surface area contributed by atoms with Gasteiger partial charge in [-0.1, -0.05) is 50.3 Å². The fraction of sp³-hybridized carbons (Fsp3) is 0.342. The van der Waals surface area contributed by atoms with Crippen LogP contribution in [0.5, 0.6) is 11.5 Å². The van der Waals surface area contributed by atoms with Crippen molar-refractivity contribution in [1.82, 2.24) is 45.4 Å². The van der Waals surface area contributed by atoms with Crippen molar-refractivity contribution < 1.29 is 28.9 Å². The number of aromatic hydroxyl groups is 2. The lowest BCUT2D eigenvalue weighted by Gasteiger charge is -2.28. The molecule has 2 amide bonds. The quantitative estimate of drug-likeness (QED) is 0.112. The zero-order valence-corrected chi connectivity index (χ0v) is 29.9. The van der Waals surface area contributed by atoms with E-state index in [2.05, 4.69) is 36.0 Å². The van der Waals surface area contributed by atoms with Gasteiger partial charge in [0, 0.05) is 47.6 Å². The zero-order chi connectivity index (χ0) is 37.6. The zero-order valence-electron chi connectivity index (χ0n) is 29.9. The van der Waals surface area contributed by atoms with Crippen LogP contribution in [0.15, 0.2) is 73.3 Å². The SMILES string of the molecule is COCCn1cc(C(=O)NC(c2ccc3cccnc3c2O)C(C)Cc2cc(C(NC(=O)c3ccnn3CCF)C(C)C)c(O)c3ncccc23)nn1. The first-order valence-electron chi connectivity index (χ1n) is 17.4. The molecule has 0 radical (unpaired) electrons. The minimum absolute atomic E-state index is 0.0588. The second-order valence-corrected chi connectivity index (χ2v) is 13.3. The number of rotatable bonds is 15. The van der Waals surface area contributed by atoms with Gasteiger partial charge in [0.1, 0.15) is 34.9 Å². The van der Waals surface area contributed by atoms with Crippen LogP contribution in [0.2, 0.25) is 0 Å². The number of benzene rings is 2. The average Bonchev–Trinajstić information content (AvgIpc) is 3.84. The molecular formula is C38H42FN9O5. The summed E-state index contributed by atoms with van der Waals surface area (Å²) in [6.07, 6.45) is 6.50. The average molecular weight is 724 g/mol. The van der Waals surface area contributed by atoms with E-state index < -0.39 is 30.6 Å². The Balaban J connectivity index is 1.39. The molecule has 4 N–H and O–H groups in total. The number of aryl methyl sites for hydroxylation is 1. The molecule has 0 spiro atoms. The van der Waals surface area contributed by atoms with E-state index in [0.717, 1.165) is 10.9 Å². The number of ether oxygens (including phenoxy) is 1. The number of aromatic nitrogens is 7. The van der Waals surface area contributed by atoms with Crippen molar-refractivity contribution in [3.05, 3.63) is 101 Å². The molecule has 0 aliphatic rings. The molecule has 276 valence electrons. The molecule has 0 saturated heterocycles. The Morgan fingerprint density at radius 1 is 0.887 bits per heavy atom. The number of amides is 2. The van der Waals surface area contributed by atoms with Gasteiger partial charge in [-0.05, 0) is 48.1 Å². The molecule has 6 rings (SSSR count). The molecular weight excluding hydrogens is 681 g/mol. The van der Waals surface area contributed by atoms with Gasteiger partial charge in [-0.25, -0.2) is 9.07 Å². The van der Waals surface area contributed by atoms with Crippen LogP contribution in [-0.4, -0.2) is 77.2 Å². The summed E-state index contributed by atoms with van der Waals surface area (Å²) in [5, 5.41) is 42.9. The first kappa shape index (κ1) is 36.8. The summed E-state index contributed by atoms with van der Waals surface area (Å²) < 4.78 is 21.1. The maximum Gasteiger partial charge on any atom is 0.273 e. The van der Waals surface area contributed by atoms with Gasteiger partial charge in [0.05, 0.1) is 38.0 Å². The van der Waals surface area contributed by atoms with E-state index in [1.54, 1.807) is 37.7 Å². The van der Waals surface area contributed by atoms with Crippen molar-refractivity contribution in [2.24, 2.45) is 11.8 Å². The Bertz CT molecular complexity index is 2240. The van der Waals surface area contributed by atoms with Crippen LogP contribution >= 0.6 is 0 Å². The Morgan fingerprint density at radius 2 is 1.62 bits per heavy atom. The molecule has 3 unspecified atom stereocenters. The Labute approximate surface area is 305 Å². The highest BCUT2D eigenvalue weighted by molar-refractivity contribution is 5.94. The van der Waals surface area contributed by atoms with Crippen LogP contribution in [-0.2, 0) is 24.2 Å². The number of pyridine rings is 2.